The van der Waals surface area contributed by atoms with Crippen LogP contribution in [-0.4, -0.2) is 44.5 Å². The second kappa shape index (κ2) is 12.7. The molecule has 2 aromatic carbocycles. The lowest BCUT2D eigenvalue weighted by Crippen LogP contribution is -3.14. The summed E-state index contributed by atoms with van der Waals surface area (Å²) in [6.07, 6.45) is 1.94. The third-order valence-corrected chi connectivity index (χ3v) is 5.67. The summed E-state index contributed by atoms with van der Waals surface area (Å²) in [5.41, 5.74) is 3.84. The van der Waals surface area contributed by atoms with E-state index < -0.39 is 0 Å². The number of nitrogens with one attached hydrogen (secondary N) is 1. The first-order valence-electron chi connectivity index (χ1n) is 10.6. The van der Waals surface area contributed by atoms with Crippen molar-refractivity contribution in [2.24, 2.45) is 11.1 Å². The first-order valence-corrected chi connectivity index (χ1v) is 11.0. The van der Waals surface area contributed by atoms with Gasteiger partial charge in [-0.05, 0) is 44.4 Å². The number of quaternary nitrogens is 1. The average Bonchev–Trinajstić information content (AvgIpc) is 2.75. The van der Waals surface area contributed by atoms with E-state index in [9.17, 15) is 4.79 Å². The summed E-state index contributed by atoms with van der Waals surface area (Å²) in [5.74, 6) is -0.0809. The Morgan fingerprint density at radius 3 is 2.77 bits per heavy atom. The van der Waals surface area contributed by atoms with E-state index in [0.717, 1.165) is 54.9 Å². The molecule has 2 atom stereocenters. The Kier molecular flexibility index (Phi) is 10.3. The lowest BCUT2D eigenvalue weighted by Gasteiger charge is -2.28. The Labute approximate surface area is 195 Å². The van der Waals surface area contributed by atoms with Gasteiger partial charge < -0.3 is 26.9 Å². The van der Waals surface area contributed by atoms with E-state index in [-0.39, 0.29) is 24.3 Å². The van der Waals surface area contributed by atoms with E-state index in [4.69, 9.17) is 21.2 Å². The fourth-order valence-corrected chi connectivity index (χ4v) is 4.06. The van der Waals surface area contributed by atoms with Crippen molar-refractivity contribution in [1.29, 1.82) is 0 Å². The molecule has 1 aliphatic rings. The molecule has 0 aromatic heterocycles. The number of likely N-dealkylation sites (tertiary alicyclic amines) is 1. The van der Waals surface area contributed by atoms with Gasteiger partial charge in [0.05, 0.1) is 19.7 Å². The van der Waals surface area contributed by atoms with Crippen molar-refractivity contribution in [3.63, 3.8) is 0 Å². The van der Waals surface area contributed by atoms with Gasteiger partial charge in [0.2, 0.25) is 0 Å². The molecule has 31 heavy (non-hydrogen) atoms. The minimum absolute atomic E-state index is 0. The highest BCUT2D eigenvalue weighted by Crippen LogP contribution is 2.18. The van der Waals surface area contributed by atoms with Gasteiger partial charge in [-0.3, -0.25) is 4.79 Å². The van der Waals surface area contributed by atoms with Crippen molar-refractivity contribution in [3.05, 3.63) is 70.2 Å². The van der Waals surface area contributed by atoms with E-state index in [1.807, 2.05) is 49.4 Å². The molecular weight excluding hydrogens is 435 g/mol. The smallest absolute Gasteiger partial charge is 0.314 e. The molecule has 0 radical (unpaired) electrons. The maximum atomic E-state index is 12.0. The molecule has 1 fully saturated rings. The number of halogens is 2. The highest BCUT2D eigenvalue weighted by molar-refractivity contribution is 6.31. The van der Waals surface area contributed by atoms with Crippen molar-refractivity contribution in [2.45, 2.75) is 26.7 Å². The minimum Gasteiger partial charge on any atom is -1.00 e. The monoisotopic (exact) mass is 464 g/mol. The Hall–Kier alpha value is -2.08. The van der Waals surface area contributed by atoms with Crippen LogP contribution in [0.4, 0.5) is 0 Å². The van der Waals surface area contributed by atoms with E-state index >= 15 is 0 Å². The molecule has 168 valence electrons. The SMILES string of the molecule is CCOC(=O)[C@H]1CCC[NH+](CCO/N=C(\c2cccc(Cl)c2)c2ccccc2C)C1.[Cl-]. The molecule has 0 amide bonds. The third kappa shape index (κ3) is 7.23. The molecule has 1 N–H and O–H groups in total. The molecule has 7 heteroatoms. The highest BCUT2D eigenvalue weighted by Gasteiger charge is 2.29. The number of aryl methyl sites for hydroxylation is 1. The number of esters is 1. The average molecular weight is 465 g/mol. The number of rotatable bonds is 8. The van der Waals surface area contributed by atoms with Crippen molar-refractivity contribution >= 4 is 23.3 Å². The van der Waals surface area contributed by atoms with Gasteiger partial charge in [-0.1, -0.05) is 53.2 Å². The number of carbonyl (C=O) groups excluding carboxylic acids is 1. The number of piperidine rings is 1. The van der Waals surface area contributed by atoms with Crippen LogP contribution in [0.15, 0.2) is 53.7 Å². The quantitative estimate of drug-likeness (QED) is 0.264. The maximum Gasteiger partial charge on any atom is 0.314 e. The van der Waals surface area contributed by atoms with Crippen LogP contribution in [0.1, 0.15) is 36.5 Å². The summed E-state index contributed by atoms with van der Waals surface area (Å²) in [5, 5.41) is 5.15. The predicted molar refractivity (Wildman–Crippen MR) is 119 cm³/mol. The van der Waals surface area contributed by atoms with Gasteiger partial charge in [0.15, 0.2) is 6.61 Å². The highest BCUT2D eigenvalue weighted by atomic mass is 35.5. The molecule has 1 unspecified atom stereocenters. The van der Waals surface area contributed by atoms with Crippen LogP contribution < -0.4 is 17.3 Å². The van der Waals surface area contributed by atoms with Crippen LogP contribution in [0, 0.1) is 12.8 Å². The zero-order valence-corrected chi connectivity index (χ0v) is 19.6. The standard InChI is InChI=1S/C24H29ClN2O3.ClH/c1-3-29-24(28)20-10-7-13-27(17-20)14-15-30-26-23(19-9-6-11-21(25)16-19)22-12-5-4-8-18(22)2;/h4-6,8-9,11-12,16,20H,3,7,10,13-15,17H2,1-2H3;1H/b26-23+;/t20-;/m0./s1. The number of carbonyl (C=O) groups is 1. The zero-order chi connectivity index (χ0) is 21.3. The summed E-state index contributed by atoms with van der Waals surface area (Å²) >= 11 is 6.20. The largest absolute Gasteiger partial charge is 1.00 e. The Bertz CT molecular complexity index is 889. The van der Waals surface area contributed by atoms with E-state index in [1.165, 1.54) is 4.90 Å². The predicted octanol–water partition coefficient (Wildman–Crippen LogP) is 0.279. The third-order valence-electron chi connectivity index (χ3n) is 5.44. The Morgan fingerprint density at radius 1 is 1.23 bits per heavy atom. The van der Waals surface area contributed by atoms with Crippen molar-refractivity contribution in [2.75, 3.05) is 32.8 Å². The molecule has 1 saturated heterocycles. The number of nitrogens with zero attached hydrogens (tertiary/aromatic N) is 1. The molecular formula is C24H30Cl2N2O3. The van der Waals surface area contributed by atoms with E-state index in [0.29, 0.717) is 18.2 Å². The molecule has 1 aliphatic heterocycles. The van der Waals surface area contributed by atoms with Crippen LogP contribution in [0.2, 0.25) is 5.02 Å². The summed E-state index contributed by atoms with van der Waals surface area (Å²) in [7, 11) is 0. The van der Waals surface area contributed by atoms with Crippen LogP contribution >= 0.6 is 11.6 Å². The molecule has 5 nitrogen and oxygen atoms in total. The fraction of sp³-hybridized carbons (Fsp3) is 0.417. The molecule has 1 heterocycles. The minimum atomic E-state index is -0.0727. The normalized spacial score (nSPS) is 18.7. The second-order valence-corrected chi connectivity index (χ2v) is 8.08. The Balaban J connectivity index is 0.00000341. The van der Waals surface area contributed by atoms with Crippen LogP contribution in [-0.2, 0) is 14.4 Å². The zero-order valence-electron chi connectivity index (χ0n) is 18.1. The topological polar surface area (TPSA) is 52.3 Å². The maximum absolute atomic E-state index is 12.0. The molecule has 0 saturated carbocycles. The number of hydrogen-bond acceptors (Lipinski definition) is 4. The number of benzene rings is 2. The molecule has 3 rings (SSSR count). The lowest BCUT2D eigenvalue weighted by atomic mass is 9.98. The summed E-state index contributed by atoms with van der Waals surface area (Å²) in [6.45, 7) is 7.48. The van der Waals surface area contributed by atoms with Crippen molar-refractivity contribution < 1.29 is 31.7 Å². The van der Waals surface area contributed by atoms with Crippen molar-refractivity contribution in [1.82, 2.24) is 0 Å². The van der Waals surface area contributed by atoms with E-state index in [1.54, 1.807) is 0 Å². The first kappa shape index (κ1) is 25.2. The first-order chi connectivity index (χ1) is 14.6. The van der Waals surface area contributed by atoms with E-state index in [2.05, 4.69) is 18.1 Å². The van der Waals surface area contributed by atoms with Crippen LogP contribution in [0.5, 0.6) is 0 Å². The number of oxime groups is 1. The van der Waals surface area contributed by atoms with Crippen molar-refractivity contribution in [3.8, 4) is 0 Å². The van der Waals surface area contributed by atoms with Gasteiger partial charge in [0.25, 0.3) is 0 Å². The van der Waals surface area contributed by atoms with Gasteiger partial charge in [-0.2, -0.15) is 0 Å². The Morgan fingerprint density at radius 2 is 2.03 bits per heavy atom. The van der Waals surface area contributed by atoms with Gasteiger partial charge in [-0.25, -0.2) is 0 Å². The van der Waals surface area contributed by atoms with Crippen LogP contribution in [0.25, 0.3) is 0 Å². The second-order valence-electron chi connectivity index (χ2n) is 7.64. The van der Waals surface area contributed by atoms with Crippen LogP contribution in [0.3, 0.4) is 0 Å². The van der Waals surface area contributed by atoms with Gasteiger partial charge in [0, 0.05) is 16.1 Å². The molecule has 2 aromatic rings. The fourth-order valence-electron chi connectivity index (χ4n) is 3.87. The summed E-state index contributed by atoms with van der Waals surface area (Å²) in [4.78, 5) is 19.1. The number of ether oxygens (including phenoxy) is 1. The lowest BCUT2D eigenvalue weighted by molar-refractivity contribution is -0.908. The van der Waals surface area contributed by atoms with Gasteiger partial charge in [-0.15, -0.1) is 0 Å². The molecule has 0 aliphatic carbocycles. The molecule has 0 spiro atoms. The van der Waals surface area contributed by atoms with Gasteiger partial charge >= 0.3 is 5.97 Å². The summed E-state index contributed by atoms with van der Waals surface area (Å²) < 4.78 is 5.19. The summed E-state index contributed by atoms with van der Waals surface area (Å²) in [6, 6.07) is 15.8. The number of hydrogen-bond donors (Lipinski definition) is 1. The van der Waals surface area contributed by atoms with Gasteiger partial charge in [0.1, 0.15) is 18.2 Å². The molecule has 0 bridgehead atoms.